The van der Waals surface area contributed by atoms with Crippen LogP contribution >= 0.6 is 0 Å². The number of allylic oxidation sites excluding steroid dienone is 1. The van der Waals surface area contributed by atoms with Crippen LogP contribution in [-0.2, 0) is 23.7 Å². The molecular formula is C74H143NO13. The Morgan fingerprint density at radius 3 is 1.05 bits per heavy atom. The van der Waals surface area contributed by atoms with Crippen molar-refractivity contribution >= 4 is 5.91 Å². The number of carbonyl (C=O) groups excluding carboxylic acids is 1. The maximum atomic E-state index is 13.4. The SMILES string of the molecule is CCCCCCCCCCCCCCCCCCCCCCCCCC/C=C/C(O)C(COC1OC(CO)C(OC2OC(CO)C(O)C(O)C2O)C(O)C1O)NC(=O)CCCCCCCCCCCCCCCCCCCCCCCCCCCCCC. The number of carbonyl (C=O) groups is 1. The van der Waals surface area contributed by atoms with Gasteiger partial charge in [-0.05, 0) is 19.3 Å². The second kappa shape index (κ2) is 59.5. The molecule has 0 spiro atoms. The summed E-state index contributed by atoms with van der Waals surface area (Å²) in [5.41, 5.74) is 0. The lowest BCUT2D eigenvalue weighted by molar-refractivity contribution is -0.359. The molecule has 0 aromatic carbocycles. The molecule has 2 aliphatic rings. The molecule has 88 heavy (non-hydrogen) atoms. The van der Waals surface area contributed by atoms with Gasteiger partial charge in [-0.25, -0.2) is 0 Å². The summed E-state index contributed by atoms with van der Waals surface area (Å²) in [6.07, 6.45) is 57.1. The van der Waals surface area contributed by atoms with Crippen molar-refractivity contribution < 1.29 is 64.6 Å². The number of ether oxygens (including phenoxy) is 4. The van der Waals surface area contributed by atoms with Crippen molar-refractivity contribution in [3.63, 3.8) is 0 Å². The molecule has 2 saturated heterocycles. The van der Waals surface area contributed by atoms with Crippen molar-refractivity contribution in [2.45, 2.75) is 434 Å². The Labute approximate surface area is 539 Å². The van der Waals surface area contributed by atoms with Crippen LogP contribution in [0.25, 0.3) is 0 Å². The van der Waals surface area contributed by atoms with Crippen LogP contribution in [0.5, 0.6) is 0 Å². The molecule has 12 unspecified atom stereocenters. The van der Waals surface area contributed by atoms with Gasteiger partial charge in [-0.1, -0.05) is 347 Å². The highest BCUT2D eigenvalue weighted by molar-refractivity contribution is 5.76. The third-order valence-corrected chi connectivity index (χ3v) is 19.0. The Morgan fingerprint density at radius 1 is 0.398 bits per heavy atom. The molecule has 1 amide bonds. The average Bonchev–Trinajstić information content (AvgIpc) is 1.74. The molecule has 0 aliphatic carbocycles. The molecule has 2 fully saturated rings. The van der Waals surface area contributed by atoms with Crippen LogP contribution in [0.2, 0.25) is 0 Å². The van der Waals surface area contributed by atoms with Crippen LogP contribution < -0.4 is 5.32 Å². The quantitative estimate of drug-likeness (QED) is 0.0204. The zero-order valence-electron chi connectivity index (χ0n) is 57.0. The summed E-state index contributed by atoms with van der Waals surface area (Å²) in [4.78, 5) is 13.4. The largest absolute Gasteiger partial charge is 0.394 e. The molecule has 2 rings (SSSR count). The number of hydrogen-bond acceptors (Lipinski definition) is 13. The van der Waals surface area contributed by atoms with Gasteiger partial charge in [-0.3, -0.25) is 4.79 Å². The van der Waals surface area contributed by atoms with E-state index in [1.165, 1.54) is 295 Å². The van der Waals surface area contributed by atoms with E-state index in [9.17, 15) is 45.6 Å². The van der Waals surface area contributed by atoms with Crippen molar-refractivity contribution in [3.05, 3.63) is 12.2 Å². The summed E-state index contributed by atoms with van der Waals surface area (Å²) in [5.74, 6) is -0.229. The van der Waals surface area contributed by atoms with Gasteiger partial charge in [0.2, 0.25) is 5.91 Å². The molecule has 0 saturated carbocycles. The summed E-state index contributed by atoms with van der Waals surface area (Å²) >= 11 is 0. The summed E-state index contributed by atoms with van der Waals surface area (Å²) < 4.78 is 22.9. The summed E-state index contributed by atoms with van der Waals surface area (Å²) in [5, 5.41) is 87.6. The smallest absolute Gasteiger partial charge is 0.220 e. The predicted molar refractivity (Wildman–Crippen MR) is 360 cm³/mol. The van der Waals surface area contributed by atoms with E-state index in [2.05, 4.69) is 19.2 Å². The number of nitrogens with one attached hydrogen (secondary N) is 1. The third-order valence-electron chi connectivity index (χ3n) is 19.0. The molecule has 2 aliphatic heterocycles. The maximum Gasteiger partial charge on any atom is 0.220 e. The van der Waals surface area contributed by atoms with E-state index in [4.69, 9.17) is 18.9 Å². The first-order valence-corrected chi connectivity index (χ1v) is 37.9. The average molecular weight is 1250 g/mol. The van der Waals surface area contributed by atoms with Crippen LogP contribution in [-0.4, -0.2) is 140 Å². The Bertz CT molecular complexity index is 1520. The van der Waals surface area contributed by atoms with Crippen molar-refractivity contribution in [3.8, 4) is 0 Å². The standard InChI is InChI=1S/C74H143NO13/c1-3-5-7-9-11-13-15-17-19-21-23-25-27-29-31-32-34-36-38-40-42-44-46-48-50-52-54-56-58-66(79)75-62(61-85-73-71(84)69(82)72(65(60-77)87-73)88-74-70(83)68(81)67(80)64(59-76)86-74)63(78)57-55-53-51-49-47-45-43-41-39-37-35-33-30-28-26-24-22-20-18-16-14-12-10-8-6-4-2/h55,57,62-65,67-74,76-78,80-84H,3-54,56,58-61H2,1-2H3,(H,75,79)/b57-55+. The number of hydrogen-bond donors (Lipinski definition) is 9. The summed E-state index contributed by atoms with van der Waals surface area (Å²) in [6.45, 7) is 2.87. The van der Waals surface area contributed by atoms with Crippen LogP contribution in [0, 0.1) is 0 Å². The highest BCUT2D eigenvalue weighted by Crippen LogP contribution is 2.30. The van der Waals surface area contributed by atoms with Gasteiger partial charge in [0.25, 0.3) is 0 Å². The Kier molecular flexibility index (Phi) is 56.0. The lowest BCUT2D eigenvalue weighted by atomic mass is 9.97. The van der Waals surface area contributed by atoms with Crippen molar-refractivity contribution in [1.82, 2.24) is 5.32 Å². The fourth-order valence-electron chi connectivity index (χ4n) is 12.9. The Morgan fingerprint density at radius 2 is 0.705 bits per heavy atom. The highest BCUT2D eigenvalue weighted by atomic mass is 16.7. The second-order valence-electron chi connectivity index (χ2n) is 27.1. The minimum absolute atomic E-state index is 0.229. The van der Waals surface area contributed by atoms with Gasteiger partial charge in [0, 0.05) is 6.42 Å². The van der Waals surface area contributed by atoms with Crippen molar-refractivity contribution in [2.24, 2.45) is 0 Å². The Balaban J connectivity index is 1.64. The first-order valence-electron chi connectivity index (χ1n) is 37.9. The predicted octanol–water partition coefficient (Wildman–Crippen LogP) is 16.1. The van der Waals surface area contributed by atoms with Gasteiger partial charge in [0.05, 0.1) is 32.0 Å². The Hall–Kier alpha value is -1.27. The van der Waals surface area contributed by atoms with Crippen LogP contribution in [0.4, 0.5) is 0 Å². The number of amides is 1. The molecule has 0 radical (unpaired) electrons. The fraction of sp³-hybridized carbons (Fsp3) is 0.959. The molecule has 14 nitrogen and oxygen atoms in total. The number of aliphatic hydroxyl groups excluding tert-OH is 8. The molecule has 12 atom stereocenters. The molecule has 0 aromatic heterocycles. The maximum absolute atomic E-state index is 13.4. The van der Waals surface area contributed by atoms with Gasteiger partial charge in [0.1, 0.15) is 48.8 Å². The van der Waals surface area contributed by atoms with Gasteiger partial charge >= 0.3 is 0 Å². The molecule has 0 bridgehead atoms. The zero-order chi connectivity index (χ0) is 63.8. The van der Waals surface area contributed by atoms with E-state index >= 15 is 0 Å². The van der Waals surface area contributed by atoms with Gasteiger partial charge in [0.15, 0.2) is 12.6 Å². The van der Waals surface area contributed by atoms with E-state index in [0.717, 1.165) is 44.9 Å². The molecule has 522 valence electrons. The lowest BCUT2D eigenvalue weighted by Gasteiger charge is -2.46. The van der Waals surface area contributed by atoms with Crippen molar-refractivity contribution in [2.75, 3.05) is 19.8 Å². The third kappa shape index (κ3) is 42.9. The highest BCUT2D eigenvalue weighted by Gasteiger charge is 2.51. The van der Waals surface area contributed by atoms with Crippen LogP contribution in [0.3, 0.4) is 0 Å². The number of unbranched alkanes of at least 4 members (excludes halogenated alkanes) is 51. The van der Waals surface area contributed by atoms with E-state index < -0.39 is 86.8 Å². The monoisotopic (exact) mass is 1250 g/mol. The fourth-order valence-corrected chi connectivity index (χ4v) is 12.9. The molecular weight excluding hydrogens is 1110 g/mol. The number of aliphatic hydroxyl groups is 8. The number of rotatable bonds is 64. The second-order valence-corrected chi connectivity index (χ2v) is 27.1. The minimum atomic E-state index is -1.79. The first-order chi connectivity index (χ1) is 43.1. The molecule has 2 heterocycles. The van der Waals surface area contributed by atoms with E-state index in [1.807, 2.05) is 6.08 Å². The normalized spacial score (nSPS) is 23.1. The molecule has 14 heteroatoms. The van der Waals surface area contributed by atoms with Gasteiger partial charge in [-0.15, -0.1) is 0 Å². The lowest BCUT2D eigenvalue weighted by Crippen LogP contribution is -2.65. The molecule has 0 aromatic rings. The summed E-state index contributed by atoms with van der Waals surface area (Å²) in [7, 11) is 0. The van der Waals surface area contributed by atoms with E-state index in [1.54, 1.807) is 6.08 Å². The van der Waals surface area contributed by atoms with Crippen molar-refractivity contribution in [1.29, 1.82) is 0 Å². The van der Waals surface area contributed by atoms with Gasteiger partial charge in [-0.2, -0.15) is 0 Å². The van der Waals surface area contributed by atoms with Crippen LogP contribution in [0.15, 0.2) is 12.2 Å². The van der Waals surface area contributed by atoms with Crippen LogP contribution in [0.1, 0.15) is 361 Å². The first kappa shape index (κ1) is 82.8. The topological polar surface area (TPSA) is 228 Å². The minimum Gasteiger partial charge on any atom is -0.394 e. The summed E-state index contributed by atoms with van der Waals surface area (Å²) in [6, 6.07) is -0.912. The molecule has 9 N–H and O–H groups in total. The van der Waals surface area contributed by atoms with E-state index in [0.29, 0.717) is 0 Å². The zero-order valence-corrected chi connectivity index (χ0v) is 57.0. The van der Waals surface area contributed by atoms with Gasteiger partial charge < -0.3 is 65.1 Å². The van der Waals surface area contributed by atoms with E-state index in [-0.39, 0.29) is 18.9 Å².